The molecule has 0 radical (unpaired) electrons. The Hall–Kier alpha value is -2.85. The molecule has 29 heavy (non-hydrogen) atoms. The maximum absolute atomic E-state index is 11.2. The van der Waals surface area contributed by atoms with Gasteiger partial charge in [0.25, 0.3) is 0 Å². The van der Waals surface area contributed by atoms with Crippen LogP contribution in [0.4, 0.5) is 0 Å². The van der Waals surface area contributed by atoms with Crippen molar-refractivity contribution in [1.82, 2.24) is 30.2 Å². The Labute approximate surface area is 174 Å². The first-order valence-electron chi connectivity index (χ1n) is 9.23. The van der Waals surface area contributed by atoms with Crippen LogP contribution >= 0.6 is 23.1 Å². The van der Waals surface area contributed by atoms with Crippen molar-refractivity contribution >= 4 is 39.3 Å². The number of thiophene rings is 1. The van der Waals surface area contributed by atoms with Gasteiger partial charge in [0.15, 0.2) is 0 Å². The van der Waals surface area contributed by atoms with E-state index in [-0.39, 0.29) is 6.42 Å². The van der Waals surface area contributed by atoms with Crippen LogP contribution in [0, 0.1) is 0 Å². The van der Waals surface area contributed by atoms with Crippen molar-refractivity contribution in [3.05, 3.63) is 46.6 Å². The lowest BCUT2D eigenvalue weighted by atomic mass is 9.97. The lowest BCUT2D eigenvalue weighted by Crippen LogP contribution is -2.06. The molecule has 0 bridgehead atoms. The largest absolute Gasteiger partial charge is 0.481 e. The topological polar surface area (TPSA) is 107 Å². The summed E-state index contributed by atoms with van der Waals surface area (Å²) >= 11 is 3.01. The van der Waals surface area contributed by atoms with E-state index in [0.29, 0.717) is 11.0 Å². The highest BCUT2D eigenvalue weighted by atomic mass is 32.2. The zero-order valence-corrected chi connectivity index (χ0v) is 16.9. The minimum absolute atomic E-state index is 0.213. The lowest BCUT2D eigenvalue weighted by Gasteiger charge is -2.12. The molecule has 4 aromatic rings. The van der Waals surface area contributed by atoms with Gasteiger partial charge in [-0.25, -0.2) is 9.97 Å². The lowest BCUT2D eigenvalue weighted by molar-refractivity contribution is -0.136. The fourth-order valence-electron chi connectivity index (χ4n) is 3.51. The van der Waals surface area contributed by atoms with Gasteiger partial charge in [-0.05, 0) is 65.6 Å². The summed E-state index contributed by atoms with van der Waals surface area (Å²) in [5.74, 6) is -0.638. The van der Waals surface area contributed by atoms with Gasteiger partial charge in [-0.15, -0.1) is 16.4 Å². The van der Waals surface area contributed by atoms with Crippen molar-refractivity contribution in [2.24, 2.45) is 0 Å². The molecule has 0 atom stereocenters. The number of hydrogen-bond acceptors (Lipinski definition) is 8. The van der Waals surface area contributed by atoms with Gasteiger partial charge >= 0.3 is 5.97 Å². The Balaban J connectivity index is 1.63. The van der Waals surface area contributed by atoms with Crippen LogP contribution in [0.2, 0.25) is 0 Å². The molecule has 8 nitrogen and oxygen atoms in total. The summed E-state index contributed by atoms with van der Waals surface area (Å²) in [7, 11) is 0. The number of hydrogen-bond donors (Lipinski definition) is 1. The van der Waals surface area contributed by atoms with Crippen LogP contribution in [0.5, 0.6) is 0 Å². The monoisotopic (exact) mass is 424 g/mol. The number of tetrazole rings is 1. The summed E-state index contributed by atoms with van der Waals surface area (Å²) in [6, 6.07) is 9.64. The third-order valence-electron chi connectivity index (χ3n) is 4.77. The van der Waals surface area contributed by atoms with Gasteiger partial charge in [-0.2, -0.15) is 4.68 Å². The van der Waals surface area contributed by atoms with Crippen LogP contribution in [-0.2, 0) is 24.1 Å². The number of nitrogens with zero attached hydrogens (tertiary/aromatic N) is 6. The second-order valence-corrected chi connectivity index (χ2v) is 8.76. The molecule has 0 aliphatic heterocycles. The molecule has 10 heteroatoms. The van der Waals surface area contributed by atoms with Gasteiger partial charge in [0.05, 0.1) is 5.69 Å². The predicted octanol–water partition coefficient (Wildman–Crippen LogP) is 3.32. The van der Waals surface area contributed by atoms with Crippen molar-refractivity contribution in [3.63, 3.8) is 0 Å². The third kappa shape index (κ3) is 3.49. The van der Waals surface area contributed by atoms with Gasteiger partial charge in [0.2, 0.25) is 5.16 Å². The summed E-state index contributed by atoms with van der Waals surface area (Å²) in [6.45, 7) is 0. The number of benzene rings is 1. The number of rotatable bonds is 5. The Kier molecular flexibility index (Phi) is 4.72. The van der Waals surface area contributed by atoms with Crippen molar-refractivity contribution in [2.45, 2.75) is 42.3 Å². The molecule has 0 saturated carbocycles. The quantitative estimate of drug-likeness (QED) is 0.486. The average Bonchev–Trinajstić information content (AvgIpc) is 3.32. The molecule has 1 aromatic carbocycles. The predicted molar refractivity (Wildman–Crippen MR) is 109 cm³/mol. The highest BCUT2D eigenvalue weighted by molar-refractivity contribution is 7.99. The molecule has 1 aliphatic carbocycles. The summed E-state index contributed by atoms with van der Waals surface area (Å²) in [6.07, 6.45) is 4.13. The van der Waals surface area contributed by atoms with Crippen LogP contribution < -0.4 is 0 Å². The molecular weight excluding hydrogens is 408 g/mol. The molecule has 3 heterocycles. The molecule has 0 amide bonds. The van der Waals surface area contributed by atoms with E-state index in [9.17, 15) is 9.90 Å². The molecule has 3 aromatic heterocycles. The molecule has 0 saturated heterocycles. The van der Waals surface area contributed by atoms with Crippen LogP contribution in [0.3, 0.4) is 0 Å². The number of para-hydroxylation sites is 1. The SMILES string of the molecule is O=C(O)Cc1nc(Sc2nnnn2-c2ccccc2)c2c3c(sc2n1)CCCC3. The van der Waals surface area contributed by atoms with Crippen LogP contribution in [0.25, 0.3) is 15.9 Å². The van der Waals surface area contributed by atoms with Gasteiger partial charge in [-0.1, -0.05) is 18.2 Å². The zero-order chi connectivity index (χ0) is 19.8. The summed E-state index contributed by atoms with van der Waals surface area (Å²) < 4.78 is 1.66. The molecule has 0 fully saturated rings. The van der Waals surface area contributed by atoms with Gasteiger partial charge < -0.3 is 5.11 Å². The smallest absolute Gasteiger partial charge is 0.311 e. The fourth-order valence-corrected chi connectivity index (χ4v) is 5.81. The first-order valence-corrected chi connectivity index (χ1v) is 10.9. The molecule has 1 aliphatic rings. The Morgan fingerprint density at radius 3 is 2.83 bits per heavy atom. The number of aromatic nitrogens is 6. The van der Waals surface area contributed by atoms with E-state index in [1.54, 1.807) is 16.0 Å². The number of aryl methyl sites for hydroxylation is 2. The standard InChI is InChI=1S/C19H16N6O2S2/c26-15(27)10-14-20-17-16(12-8-4-5-9-13(12)28-17)18(21-14)29-19-22-23-24-25(19)11-6-2-1-3-7-11/h1-3,6-7H,4-5,8-10H2,(H,26,27). The highest BCUT2D eigenvalue weighted by Gasteiger charge is 2.23. The Morgan fingerprint density at radius 1 is 1.17 bits per heavy atom. The van der Waals surface area contributed by atoms with E-state index in [1.807, 2.05) is 30.3 Å². The van der Waals surface area contributed by atoms with Crippen LogP contribution in [-0.4, -0.2) is 41.3 Å². The second kappa shape index (κ2) is 7.53. The van der Waals surface area contributed by atoms with E-state index in [0.717, 1.165) is 40.2 Å². The van der Waals surface area contributed by atoms with E-state index in [4.69, 9.17) is 0 Å². The molecule has 5 rings (SSSR count). The number of aliphatic carboxylic acids is 1. The molecular formula is C19H16N6O2S2. The van der Waals surface area contributed by atoms with E-state index >= 15 is 0 Å². The first-order chi connectivity index (χ1) is 14.2. The highest BCUT2D eigenvalue weighted by Crippen LogP contribution is 2.41. The minimum atomic E-state index is -0.948. The molecule has 1 N–H and O–H groups in total. The maximum Gasteiger partial charge on any atom is 0.311 e. The van der Waals surface area contributed by atoms with Crippen molar-refractivity contribution in [2.75, 3.05) is 0 Å². The van der Waals surface area contributed by atoms with E-state index in [1.165, 1.54) is 28.6 Å². The Morgan fingerprint density at radius 2 is 2.00 bits per heavy atom. The third-order valence-corrected chi connectivity index (χ3v) is 6.88. The van der Waals surface area contributed by atoms with E-state index < -0.39 is 5.97 Å². The number of carbonyl (C=O) groups is 1. The van der Waals surface area contributed by atoms with Crippen molar-refractivity contribution < 1.29 is 9.90 Å². The molecule has 0 unspecified atom stereocenters. The summed E-state index contributed by atoms with van der Waals surface area (Å²) in [4.78, 5) is 22.6. The van der Waals surface area contributed by atoms with E-state index in [2.05, 4.69) is 25.5 Å². The maximum atomic E-state index is 11.2. The van der Waals surface area contributed by atoms with Crippen LogP contribution in [0.15, 0.2) is 40.5 Å². The van der Waals surface area contributed by atoms with Crippen molar-refractivity contribution in [3.8, 4) is 5.69 Å². The second-order valence-electron chi connectivity index (χ2n) is 6.72. The molecule has 146 valence electrons. The zero-order valence-electron chi connectivity index (χ0n) is 15.3. The first kappa shape index (κ1) is 18.2. The summed E-state index contributed by atoms with van der Waals surface area (Å²) in [5, 5.41) is 23.6. The van der Waals surface area contributed by atoms with Gasteiger partial charge in [0, 0.05) is 10.3 Å². The van der Waals surface area contributed by atoms with Gasteiger partial charge in [0.1, 0.15) is 22.1 Å². The Bertz CT molecular complexity index is 1200. The summed E-state index contributed by atoms with van der Waals surface area (Å²) in [5.41, 5.74) is 2.14. The fraction of sp³-hybridized carbons (Fsp3) is 0.263. The van der Waals surface area contributed by atoms with Crippen molar-refractivity contribution in [1.29, 1.82) is 0 Å². The molecule has 0 spiro atoms. The normalized spacial score (nSPS) is 13.5. The number of carboxylic acids is 1. The van der Waals surface area contributed by atoms with Crippen LogP contribution in [0.1, 0.15) is 29.1 Å². The number of carboxylic acid groups (broad SMARTS) is 1. The average molecular weight is 425 g/mol. The van der Waals surface area contributed by atoms with Gasteiger partial charge in [-0.3, -0.25) is 4.79 Å². The number of fused-ring (bicyclic) bond motifs is 3. The minimum Gasteiger partial charge on any atom is -0.481 e.